The fraction of sp³-hybridized carbons (Fsp3) is 0.417. The van der Waals surface area contributed by atoms with E-state index >= 15 is 0 Å². The smallest absolute Gasteiger partial charge is 0.261 e. The molecule has 160 valence electrons. The Hall–Kier alpha value is -3.02. The molecule has 1 aliphatic carbocycles. The van der Waals surface area contributed by atoms with Crippen LogP contribution in [0.2, 0.25) is 0 Å². The maximum absolute atomic E-state index is 12.6. The van der Waals surface area contributed by atoms with E-state index in [9.17, 15) is 9.59 Å². The van der Waals surface area contributed by atoms with Crippen LogP contribution >= 0.6 is 0 Å². The first-order valence-electron chi connectivity index (χ1n) is 10.6. The standard InChI is InChI=1S/C24H30N2O4/c1-17(29-19-11-5-3-6-12-19)23(27)25-21-15-9-10-16-22(21)26-24(28)18(2)30-20-13-7-4-8-14-20/h3-8,11-14,17-18,21-22H,9-10,15-16H2,1-2H3,(H,25,27)(H,26,28). The number of amides is 2. The minimum Gasteiger partial charge on any atom is -0.481 e. The lowest BCUT2D eigenvalue weighted by Crippen LogP contribution is -2.56. The van der Waals surface area contributed by atoms with Crippen LogP contribution in [-0.2, 0) is 9.59 Å². The van der Waals surface area contributed by atoms with Crippen molar-refractivity contribution in [1.82, 2.24) is 10.6 Å². The van der Waals surface area contributed by atoms with Gasteiger partial charge in [0.25, 0.3) is 11.8 Å². The molecule has 1 aliphatic rings. The maximum atomic E-state index is 12.6. The lowest BCUT2D eigenvalue weighted by atomic mass is 9.90. The fourth-order valence-corrected chi connectivity index (χ4v) is 3.59. The van der Waals surface area contributed by atoms with Crippen LogP contribution in [0.4, 0.5) is 0 Å². The molecule has 6 nitrogen and oxygen atoms in total. The summed E-state index contributed by atoms with van der Waals surface area (Å²) in [5, 5.41) is 6.13. The van der Waals surface area contributed by atoms with Gasteiger partial charge in [-0.05, 0) is 51.0 Å². The van der Waals surface area contributed by atoms with E-state index in [1.54, 1.807) is 13.8 Å². The van der Waals surface area contributed by atoms with Crippen LogP contribution in [0.25, 0.3) is 0 Å². The fourth-order valence-electron chi connectivity index (χ4n) is 3.59. The monoisotopic (exact) mass is 410 g/mol. The SMILES string of the molecule is CC(Oc1ccccc1)C(=O)NC1CCCCC1NC(=O)C(C)Oc1ccccc1. The number of benzene rings is 2. The Balaban J connectivity index is 1.53. The zero-order chi connectivity index (χ0) is 21.3. The number of hydrogen-bond acceptors (Lipinski definition) is 4. The van der Waals surface area contributed by atoms with Gasteiger partial charge in [-0.2, -0.15) is 0 Å². The van der Waals surface area contributed by atoms with Gasteiger partial charge >= 0.3 is 0 Å². The van der Waals surface area contributed by atoms with Gasteiger partial charge in [0.05, 0.1) is 0 Å². The summed E-state index contributed by atoms with van der Waals surface area (Å²) in [5.41, 5.74) is 0. The number of para-hydroxylation sites is 2. The zero-order valence-corrected chi connectivity index (χ0v) is 17.5. The molecule has 4 atom stereocenters. The average molecular weight is 411 g/mol. The number of hydrogen-bond donors (Lipinski definition) is 2. The largest absolute Gasteiger partial charge is 0.481 e. The van der Waals surface area contributed by atoms with E-state index in [1.807, 2.05) is 60.7 Å². The molecule has 2 aromatic carbocycles. The Morgan fingerprint density at radius 1 is 0.733 bits per heavy atom. The van der Waals surface area contributed by atoms with Gasteiger partial charge < -0.3 is 20.1 Å². The van der Waals surface area contributed by atoms with Gasteiger partial charge in [0, 0.05) is 12.1 Å². The van der Waals surface area contributed by atoms with Crippen molar-refractivity contribution in [2.24, 2.45) is 0 Å². The highest BCUT2D eigenvalue weighted by molar-refractivity contribution is 5.82. The number of rotatable bonds is 8. The summed E-state index contributed by atoms with van der Waals surface area (Å²) in [5.74, 6) is 0.943. The van der Waals surface area contributed by atoms with Crippen molar-refractivity contribution in [2.45, 2.75) is 63.8 Å². The van der Waals surface area contributed by atoms with Crippen LogP contribution in [-0.4, -0.2) is 36.1 Å². The maximum Gasteiger partial charge on any atom is 0.261 e. The first kappa shape index (κ1) is 21.7. The molecule has 2 amide bonds. The summed E-state index contributed by atoms with van der Waals surface area (Å²) < 4.78 is 11.4. The molecule has 2 aromatic rings. The van der Waals surface area contributed by atoms with Gasteiger partial charge in [-0.1, -0.05) is 49.2 Å². The number of nitrogens with one attached hydrogen (secondary N) is 2. The Labute approximate surface area is 178 Å². The van der Waals surface area contributed by atoms with E-state index in [-0.39, 0.29) is 23.9 Å². The summed E-state index contributed by atoms with van der Waals surface area (Å²) >= 11 is 0. The van der Waals surface area contributed by atoms with E-state index in [4.69, 9.17) is 9.47 Å². The third-order valence-corrected chi connectivity index (χ3v) is 5.27. The summed E-state index contributed by atoms with van der Waals surface area (Å²) in [6.45, 7) is 3.46. The number of ether oxygens (including phenoxy) is 2. The zero-order valence-electron chi connectivity index (χ0n) is 17.5. The van der Waals surface area contributed by atoms with Gasteiger partial charge in [-0.25, -0.2) is 0 Å². The lowest BCUT2D eigenvalue weighted by Gasteiger charge is -2.34. The van der Waals surface area contributed by atoms with Crippen LogP contribution in [0.1, 0.15) is 39.5 Å². The molecule has 2 N–H and O–H groups in total. The Morgan fingerprint density at radius 3 is 1.47 bits per heavy atom. The van der Waals surface area contributed by atoms with Crippen molar-refractivity contribution < 1.29 is 19.1 Å². The molecule has 1 fully saturated rings. The van der Waals surface area contributed by atoms with E-state index in [0.717, 1.165) is 25.7 Å². The second-order valence-electron chi connectivity index (χ2n) is 7.66. The summed E-state index contributed by atoms with van der Waals surface area (Å²) in [6, 6.07) is 18.3. The van der Waals surface area contributed by atoms with Crippen LogP contribution in [0.5, 0.6) is 11.5 Å². The molecule has 3 rings (SSSR count). The predicted octanol–water partition coefficient (Wildman–Crippen LogP) is 3.47. The van der Waals surface area contributed by atoms with Crippen molar-refractivity contribution >= 4 is 11.8 Å². The average Bonchev–Trinajstić information content (AvgIpc) is 2.76. The highest BCUT2D eigenvalue weighted by atomic mass is 16.5. The summed E-state index contributed by atoms with van der Waals surface area (Å²) in [4.78, 5) is 25.3. The molecule has 0 saturated heterocycles. The van der Waals surface area contributed by atoms with Gasteiger partial charge in [0.15, 0.2) is 12.2 Å². The summed E-state index contributed by atoms with van der Waals surface area (Å²) in [6.07, 6.45) is 2.44. The molecule has 6 heteroatoms. The predicted molar refractivity (Wildman–Crippen MR) is 115 cm³/mol. The highest BCUT2D eigenvalue weighted by Crippen LogP contribution is 2.20. The van der Waals surface area contributed by atoms with Gasteiger partial charge in [-0.3, -0.25) is 9.59 Å². The van der Waals surface area contributed by atoms with Gasteiger partial charge in [-0.15, -0.1) is 0 Å². The Bertz CT molecular complexity index is 743. The van der Waals surface area contributed by atoms with Crippen LogP contribution < -0.4 is 20.1 Å². The Morgan fingerprint density at radius 2 is 1.10 bits per heavy atom. The normalized spacial score (nSPS) is 20.5. The van der Waals surface area contributed by atoms with Crippen molar-refractivity contribution in [3.05, 3.63) is 60.7 Å². The third-order valence-electron chi connectivity index (χ3n) is 5.27. The van der Waals surface area contributed by atoms with E-state index in [0.29, 0.717) is 11.5 Å². The van der Waals surface area contributed by atoms with Gasteiger partial charge in [0.2, 0.25) is 0 Å². The molecule has 0 radical (unpaired) electrons. The lowest BCUT2D eigenvalue weighted by molar-refractivity contribution is -0.131. The van der Waals surface area contributed by atoms with Crippen molar-refractivity contribution in [2.75, 3.05) is 0 Å². The first-order chi connectivity index (χ1) is 14.5. The first-order valence-corrected chi connectivity index (χ1v) is 10.6. The second-order valence-corrected chi connectivity index (χ2v) is 7.66. The van der Waals surface area contributed by atoms with Crippen LogP contribution in [0.3, 0.4) is 0 Å². The molecule has 0 aromatic heterocycles. The molecule has 0 bridgehead atoms. The molecular weight excluding hydrogens is 380 g/mol. The van der Waals surface area contributed by atoms with Crippen molar-refractivity contribution in [3.8, 4) is 11.5 Å². The second kappa shape index (κ2) is 10.7. The quantitative estimate of drug-likeness (QED) is 0.699. The molecule has 30 heavy (non-hydrogen) atoms. The highest BCUT2D eigenvalue weighted by Gasteiger charge is 2.30. The molecule has 0 spiro atoms. The van der Waals surface area contributed by atoms with Crippen LogP contribution in [0.15, 0.2) is 60.7 Å². The minimum absolute atomic E-state index is 0.124. The molecular formula is C24H30N2O4. The van der Waals surface area contributed by atoms with Crippen molar-refractivity contribution in [1.29, 1.82) is 0 Å². The molecule has 1 saturated carbocycles. The van der Waals surface area contributed by atoms with E-state index < -0.39 is 12.2 Å². The van der Waals surface area contributed by atoms with Crippen LogP contribution in [0, 0.1) is 0 Å². The molecule has 0 aliphatic heterocycles. The van der Waals surface area contributed by atoms with E-state index in [1.165, 1.54) is 0 Å². The molecule has 4 unspecified atom stereocenters. The Kier molecular flexibility index (Phi) is 7.71. The van der Waals surface area contributed by atoms with Gasteiger partial charge in [0.1, 0.15) is 11.5 Å². The van der Waals surface area contributed by atoms with E-state index in [2.05, 4.69) is 10.6 Å². The summed E-state index contributed by atoms with van der Waals surface area (Å²) in [7, 11) is 0. The topological polar surface area (TPSA) is 76.7 Å². The third kappa shape index (κ3) is 6.24. The molecule has 0 heterocycles. The van der Waals surface area contributed by atoms with Crippen molar-refractivity contribution in [3.63, 3.8) is 0 Å². The number of carbonyl (C=O) groups excluding carboxylic acids is 2. The number of carbonyl (C=O) groups is 2. The minimum atomic E-state index is -0.619.